The van der Waals surface area contributed by atoms with Gasteiger partial charge in [0.15, 0.2) is 0 Å². The second-order valence-electron chi connectivity index (χ2n) is 5.68. The molecule has 0 bridgehead atoms. The van der Waals surface area contributed by atoms with Crippen molar-refractivity contribution < 1.29 is 0 Å². The molecule has 0 aromatic carbocycles. The molecule has 4 nitrogen and oxygen atoms in total. The predicted octanol–water partition coefficient (Wildman–Crippen LogP) is 1.37. The average molecular weight is 240 g/mol. The average Bonchev–Trinajstić information content (AvgIpc) is 2.29. The van der Waals surface area contributed by atoms with E-state index in [0.29, 0.717) is 5.84 Å². The number of nitrogens with two attached hydrogens (primary N) is 1. The normalized spacial score (nSPS) is 19.5. The summed E-state index contributed by atoms with van der Waals surface area (Å²) in [4.78, 5) is 5.03. The molecule has 0 aliphatic carbocycles. The predicted molar refractivity (Wildman–Crippen MR) is 73.5 cm³/mol. The Hall–Kier alpha value is -0.610. The molecule has 0 unspecified atom stereocenters. The van der Waals surface area contributed by atoms with Gasteiger partial charge in [-0.3, -0.25) is 5.41 Å². The minimum Gasteiger partial charge on any atom is -0.387 e. The Kier molecular flexibility index (Phi) is 5.40. The van der Waals surface area contributed by atoms with Crippen LogP contribution in [0.2, 0.25) is 0 Å². The maximum atomic E-state index is 7.53. The lowest BCUT2D eigenvalue weighted by atomic mass is 9.86. The van der Waals surface area contributed by atoms with Gasteiger partial charge in [0.1, 0.15) is 0 Å². The zero-order valence-corrected chi connectivity index (χ0v) is 11.6. The molecule has 1 aliphatic rings. The highest BCUT2D eigenvalue weighted by Gasteiger charge is 2.22. The van der Waals surface area contributed by atoms with E-state index in [-0.39, 0.29) is 5.41 Å². The van der Waals surface area contributed by atoms with Crippen LogP contribution in [-0.4, -0.2) is 54.9 Å². The molecule has 17 heavy (non-hydrogen) atoms. The first-order chi connectivity index (χ1) is 7.95. The third-order valence-corrected chi connectivity index (χ3v) is 3.92. The summed E-state index contributed by atoms with van der Waals surface area (Å²) in [6.07, 6.45) is 2.15. The molecule has 4 heteroatoms. The number of hydrogen-bond acceptors (Lipinski definition) is 3. The summed E-state index contributed by atoms with van der Waals surface area (Å²) in [6.45, 7) is 13.4. The van der Waals surface area contributed by atoms with Crippen molar-refractivity contribution in [1.82, 2.24) is 9.80 Å². The zero-order valence-electron chi connectivity index (χ0n) is 11.6. The summed E-state index contributed by atoms with van der Waals surface area (Å²) in [5.41, 5.74) is 5.46. The van der Waals surface area contributed by atoms with E-state index in [1.165, 1.54) is 32.7 Å². The van der Waals surface area contributed by atoms with Crippen LogP contribution in [0.4, 0.5) is 0 Å². The van der Waals surface area contributed by atoms with Gasteiger partial charge >= 0.3 is 0 Å². The molecule has 0 saturated carbocycles. The largest absolute Gasteiger partial charge is 0.387 e. The van der Waals surface area contributed by atoms with Gasteiger partial charge in [0.05, 0.1) is 5.84 Å². The van der Waals surface area contributed by atoms with Crippen molar-refractivity contribution in [3.63, 3.8) is 0 Å². The van der Waals surface area contributed by atoms with Gasteiger partial charge in [0, 0.05) is 31.6 Å². The Morgan fingerprint density at radius 1 is 1.18 bits per heavy atom. The molecule has 3 N–H and O–H groups in total. The van der Waals surface area contributed by atoms with Crippen LogP contribution >= 0.6 is 0 Å². The SMILES string of the molecule is CCN1CCN(CCCC(C)(C)C(=N)N)CC1. The third-order valence-electron chi connectivity index (χ3n) is 3.92. The third kappa shape index (κ3) is 4.64. The summed E-state index contributed by atoms with van der Waals surface area (Å²) < 4.78 is 0. The second-order valence-corrected chi connectivity index (χ2v) is 5.68. The highest BCUT2D eigenvalue weighted by Crippen LogP contribution is 2.21. The van der Waals surface area contributed by atoms with E-state index in [4.69, 9.17) is 11.1 Å². The van der Waals surface area contributed by atoms with Crippen LogP contribution in [0.5, 0.6) is 0 Å². The lowest BCUT2D eigenvalue weighted by molar-refractivity contribution is 0.133. The van der Waals surface area contributed by atoms with E-state index in [9.17, 15) is 0 Å². The Balaban J connectivity index is 2.18. The van der Waals surface area contributed by atoms with Gasteiger partial charge in [-0.25, -0.2) is 0 Å². The molecule has 1 fully saturated rings. The number of nitrogens with zero attached hydrogens (tertiary/aromatic N) is 2. The van der Waals surface area contributed by atoms with Gasteiger partial charge < -0.3 is 15.5 Å². The lowest BCUT2D eigenvalue weighted by Gasteiger charge is -2.34. The van der Waals surface area contributed by atoms with Crippen molar-refractivity contribution in [3.8, 4) is 0 Å². The number of piperazine rings is 1. The van der Waals surface area contributed by atoms with E-state index in [1.807, 2.05) is 0 Å². The molecule has 0 aromatic rings. The minimum absolute atomic E-state index is 0.134. The van der Waals surface area contributed by atoms with Crippen LogP contribution in [0.25, 0.3) is 0 Å². The van der Waals surface area contributed by atoms with Crippen molar-refractivity contribution in [1.29, 1.82) is 5.41 Å². The first-order valence-corrected chi connectivity index (χ1v) is 6.75. The van der Waals surface area contributed by atoms with Crippen LogP contribution in [0.1, 0.15) is 33.6 Å². The molecule has 1 aliphatic heterocycles. The monoisotopic (exact) mass is 240 g/mol. The number of amidine groups is 1. The fourth-order valence-corrected chi connectivity index (χ4v) is 2.21. The number of rotatable bonds is 6. The molecule has 0 spiro atoms. The maximum Gasteiger partial charge on any atom is 0.0963 e. The summed E-state index contributed by atoms with van der Waals surface area (Å²) >= 11 is 0. The number of likely N-dealkylation sites (N-methyl/N-ethyl adjacent to an activating group) is 1. The topological polar surface area (TPSA) is 56.4 Å². The van der Waals surface area contributed by atoms with Crippen molar-refractivity contribution in [2.75, 3.05) is 39.3 Å². The van der Waals surface area contributed by atoms with Crippen molar-refractivity contribution >= 4 is 5.84 Å². The summed E-state index contributed by atoms with van der Waals surface area (Å²) in [5.74, 6) is 0.313. The van der Waals surface area contributed by atoms with Crippen LogP contribution in [-0.2, 0) is 0 Å². The molecule has 1 rings (SSSR count). The molecule has 0 atom stereocenters. The Labute approximate surface area is 106 Å². The molecule has 100 valence electrons. The molecule has 0 amide bonds. The Morgan fingerprint density at radius 2 is 1.71 bits per heavy atom. The van der Waals surface area contributed by atoms with Crippen molar-refractivity contribution in [3.05, 3.63) is 0 Å². The summed E-state index contributed by atoms with van der Waals surface area (Å²) in [7, 11) is 0. The van der Waals surface area contributed by atoms with Crippen LogP contribution in [0, 0.1) is 10.8 Å². The smallest absolute Gasteiger partial charge is 0.0963 e. The quantitative estimate of drug-likeness (QED) is 0.544. The first-order valence-electron chi connectivity index (χ1n) is 6.75. The van der Waals surface area contributed by atoms with Gasteiger partial charge in [-0.1, -0.05) is 20.8 Å². The molecule has 1 saturated heterocycles. The van der Waals surface area contributed by atoms with Gasteiger partial charge in [-0.2, -0.15) is 0 Å². The van der Waals surface area contributed by atoms with Crippen LogP contribution in [0.15, 0.2) is 0 Å². The van der Waals surface area contributed by atoms with Crippen molar-refractivity contribution in [2.24, 2.45) is 11.1 Å². The summed E-state index contributed by atoms with van der Waals surface area (Å²) in [6, 6.07) is 0. The zero-order chi connectivity index (χ0) is 12.9. The van der Waals surface area contributed by atoms with Gasteiger partial charge in [-0.05, 0) is 25.9 Å². The number of hydrogen-bond donors (Lipinski definition) is 2. The number of nitrogens with one attached hydrogen (secondary N) is 1. The standard InChI is InChI=1S/C13H28N4/c1-4-16-8-10-17(11-9-16)7-5-6-13(2,3)12(14)15/h4-11H2,1-3H3,(H3,14,15). The highest BCUT2D eigenvalue weighted by atomic mass is 15.3. The van der Waals surface area contributed by atoms with Crippen molar-refractivity contribution in [2.45, 2.75) is 33.6 Å². The molecular weight excluding hydrogens is 212 g/mol. The van der Waals surface area contributed by atoms with E-state index in [1.54, 1.807) is 0 Å². The van der Waals surface area contributed by atoms with Gasteiger partial charge in [0.25, 0.3) is 0 Å². The van der Waals surface area contributed by atoms with E-state index in [2.05, 4.69) is 30.6 Å². The van der Waals surface area contributed by atoms with Gasteiger partial charge in [-0.15, -0.1) is 0 Å². The first kappa shape index (κ1) is 14.5. The molecule has 1 heterocycles. The Bertz CT molecular complexity index is 242. The fraction of sp³-hybridized carbons (Fsp3) is 0.923. The van der Waals surface area contributed by atoms with E-state index >= 15 is 0 Å². The van der Waals surface area contributed by atoms with Crippen LogP contribution in [0.3, 0.4) is 0 Å². The van der Waals surface area contributed by atoms with Gasteiger partial charge in [0.2, 0.25) is 0 Å². The van der Waals surface area contributed by atoms with Crippen LogP contribution < -0.4 is 5.73 Å². The molecular formula is C13H28N4. The fourth-order valence-electron chi connectivity index (χ4n) is 2.21. The second kappa shape index (κ2) is 6.36. The Morgan fingerprint density at radius 3 is 2.18 bits per heavy atom. The van der Waals surface area contributed by atoms with E-state index in [0.717, 1.165) is 19.4 Å². The maximum absolute atomic E-state index is 7.53. The molecule has 0 aromatic heterocycles. The minimum atomic E-state index is -0.134. The molecule has 0 radical (unpaired) electrons. The summed E-state index contributed by atoms with van der Waals surface area (Å²) in [5, 5.41) is 7.53. The highest BCUT2D eigenvalue weighted by molar-refractivity contribution is 5.82. The lowest BCUT2D eigenvalue weighted by Crippen LogP contribution is -2.46. The van der Waals surface area contributed by atoms with E-state index < -0.39 is 0 Å².